The van der Waals surface area contributed by atoms with Crippen LogP contribution in [0.2, 0.25) is 0 Å². The molecule has 0 saturated heterocycles. The van der Waals surface area contributed by atoms with Crippen molar-refractivity contribution in [2.45, 2.75) is 13.3 Å². The summed E-state index contributed by atoms with van der Waals surface area (Å²) in [5.41, 5.74) is 0.157. The van der Waals surface area contributed by atoms with Crippen molar-refractivity contribution in [3.8, 4) is 6.07 Å². The Kier molecular flexibility index (Phi) is 3.38. The SMILES string of the molecule is C=C/C(F)=C(/C#N)CC. The predicted octanol–water partition coefficient (Wildman–Crippen LogP) is 2.33. The third-order valence-corrected chi connectivity index (χ3v) is 0.956. The summed E-state index contributed by atoms with van der Waals surface area (Å²) in [5.74, 6) is -0.514. The summed E-state index contributed by atoms with van der Waals surface area (Å²) in [4.78, 5) is 0. The minimum atomic E-state index is -0.514. The quantitative estimate of drug-likeness (QED) is 0.410. The van der Waals surface area contributed by atoms with Gasteiger partial charge in [0.15, 0.2) is 0 Å². The molecule has 9 heavy (non-hydrogen) atoms. The fraction of sp³-hybridized carbons (Fsp3) is 0.286. The third kappa shape index (κ3) is 2.09. The van der Waals surface area contributed by atoms with Crippen molar-refractivity contribution in [3.63, 3.8) is 0 Å². The maximum atomic E-state index is 12.3. The molecular formula is C7H8FN. The van der Waals surface area contributed by atoms with Crippen molar-refractivity contribution in [2.24, 2.45) is 0 Å². The van der Waals surface area contributed by atoms with Crippen LogP contribution in [0.25, 0.3) is 0 Å². The zero-order valence-corrected chi connectivity index (χ0v) is 5.32. The van der Waals surface area contributed by atoms with Gasteiger partial charge in [-0.25, -0.2) is 4.39 Å². The first-order chi connectivity index (χ1) is 4.26. The zero-order valence-electron chi connectivity index (χ0n) is 5.32. The van der Waals surface area contributed by atoms with Gasteiger partial charge in [0.1, 0.15) is 5.83 Å². The van der Waals surface area contributed by atoms with E-state index in [1.165, 1.54) is 0 Å². The molecule has 0 aromatic heterocycles. The molecule has 0 saturated carbocycles. The van der Waals surface area contributed by atoms with Gasteiger partial charge in [0.05, 0.1) is 11.6 Å². The van der Waals surface area contributed by atoms with Gasteiger partial charge in [0.25, 0.3) is 0 Å². The highest BCUT2D eigenvalue weighted by atomic mass is 19.1. The van der Waals surface area contributed by atoms with Gasteiger partial charge in [-0.15, -0.1) is 0 Å². The molecule has 0 aromatic rings. The van der Waals surface area contributed by atoms with Crippen molar-refractivity contribution < 1.29 is 4.39 Å². The lowest BCUT2D eigenvalue weighted by Crippen LogP contribution is -1.77. The Hall–Kier alpha value is -1.10. The number of halogens is 1. The summed E-state index contributed by atoms with van der Waals surface area (Å²) in [6.07, 6.45) is 1.47. The van der Waals surface area contributed by atoms with Crippen LogP contribution in [0.15, 0.2) is 24.1 Å². The molecule has 2 heteroatoms. The average Bonchev–Trinajstić information content (AvgIpc) is 1.90. The molecule has 0 atom stereocenters. The van der Waals surface area contributed by atoms with Gasteiger partial charge in [-0.2, -0.15) is 5.26 Å². The lowest BCUT2D eigenvalue weighted by Gasteiger charge is -1.88. The van der Waals surface area contributed by atoms with Crippen LogP contribution < -0.4 is 0 Å². The molecule has 0 radical (unpaired) electrons. The van der Waals surface area contributed by atoms with Crippen LogP contribution in [-0.4, -0.2) is 0 Å². The maximum absolute atomic E-state index is 12.3. The molecule has 0 N–H and O–H groups in total. The number of rotatable bonds is 2. The zero-order chi connectivity index (χ0) is 7.28. The van der Waals surface area contributed by atoms with E-state index in [0.717, 1.165) is 6.08 Å². The highest BCUT2D eigenvalue weighted by molar-refractivity contribution is 5.28. The molecule has 0 aromatic carbocycles. The van der Waals surface area contributed by atoms with Gasteiger partial charge in [0, 0.05) is 0 Å². The van der Waals surface area contributed by atoms with Gasteiger partial charge < -0.3 is 0 Å². The van der Waals surface area contributed by atoms with Gasteiger partial charge in [-0.3, -0.25) is 0 Å². The van der Waals surface area contributed by atoms with E-state index in [-0.39, 0.29) is 5.57 Å². The molecule has 0 fully saturated rings. The Morgan fingerprint density at radius 1 is 1.89 bits per heavy atom. The second-order valence-electron chi connectivity index (χ2n) is 1.50. The van der Waals surface area contributed by atoms with Crippen LogP contribution in [0.5, 0.6) is 0 Å². The molecule has 0 spiro atoms. The standard InChI is InChI=1S/C7H8FN/c1-3-6(5-9)7(8)4-2/h4H,2-3H2,1H3/b7-6-. The maximum Gasteiger partial charge on any atom is 0.136 e. The first-order valence-corrected chi connectivity index (χ1v) is 2.67. The van der Waals surface area contributed by atoms with Crippen LogP contribution in [0.1, 0.15) is 13.3 Å². The number of hydrogen-bond acceptors (Lipinski definition) is 1. The molecule has 0 bridgehead atoms. The summed E-state index contributed by atoms with van der Waals surface area (Å²) < 4.78 is 12.3. The van der Waals surface area contributed by atoms with Gasteiger partial charge >= 0.3 is 0 Å². The van der Waals surface area contributed by atoms with E-state index in [1.807, 2.05) is 0 Å². The van der Waals surface area contributed by atoms with E-state index in [2.05, 4.69) is 6.58 Å². The monoisotopic (exact) mass is 125 g/mol. The van der Waals surface area contributed by atoms with Gasteiger partial charge in [-0.1, -0.05) is 13.5 Å². The van der Waals surface area contributed by atoms with Crippen LogP contribution in [0.3, 0.4) is 0 Å². The van der Waals surface area contributed by atoms with Crippen LogP contribution in [0, 0.1) is 11.3 Å². The Labute approximate surface area is 54.1 Å². The van der Waals surface area contributed by atoms with E-state index < -0.39 is 5.83 Å². The van der Waals surface area contributed by atoms with E-state index in [9.17, 15) is 4.39 Å². The molecular weight excluding hydrogens is 117 g/mol. The largest absolute Gasteiger partial charge is 0.206 e. The minimum absolute atomic E-state index is 0.157. The van der Waals surface area contributed by atoms with Crippen LogP contribution in [-0.2, 0) is 0 Å². The Morgan fingerprint density at radius 3 is 2.56 bits per heavy atom. The van der Waals surface area contributed by atoms with Crippen molar-refractivity contribution in [1.29, 1.82) is 5.26 Å². The van der Waals surface area contributed by atoms with E-state index >= 15 is 0 Å². The summed E-state index contributed by atoms with van der Waals surface area (Å²) in [6.45, 7) is 4.92. The van der Waals surface area contributed by atoms with Gasteiger partial charge in [-0.05, 0) is 12.5 Å². The number of nitriles is 1. The molecule has 0 unspecified atom stereocenters. The van der Waals surface area contributed by atoms with Crippen LogP contribution >= 0.6 is 0 Å². The first-order valence-electron chi connectivity index (χ1n) is 2.67. The fourth-order valence-electron chi connectivity index (χ4n) is 0.425. The summed E-state index contributed by atoms with van der Waals surface area (Å²) in [5, 5.41) is 8.23. The lowest BCUT2D eigenvalue weighted by atomic mass is 10.2. The highest BCUT2D eigenvalue weighted by Gasteiger charge is 1.96. The molecule has 48 valence electrons. The number of nitrogens with zero attached hydrogens (tertiary/aromatic N) is 1. The summed E-state index contributed by atoms with van der Waals surface area (Å²) in [6, 6.07) is 1.74. The Morgan fingerprint density at radius 2 is 2.44 bits per heavy atom. The molecule has 1 nitrogen and oxygen atoms in total. The second-order valence-corrected chi connectivity index (χ2v) is 1.50. The minimum Gasteiger partial charge on any atom is -0.206 e. The Balaban J connectivity index is 4.42. The lowest BCUT2D eigenvalue weighted by molar-refractivity contribution is 0.654. The smallest absolute Gasteiger partial charge is 0.136 e. The average molecular weight is 125 g/mol. The third-order valence-electron chi connectivity index (χ3n) is 0.956. The molecule has 0 rings (SSSR count). The normalized spacial score (nSPS) is 11.7. The van der Waals surface area contributed by atoms with Gasteiger partial charge in [0.2, 0.25) is 0 Å². The summed E-state index contributed by atoms with van der Waals surface area (Å²) in [7, 11) is 0. The van der Waals surface area contributed by atoms with E-state index in [4.69, 9.17) is 5.26 Å². The number of allylic oxidation sites excluding steroid dienone is 3. The van der Waals surface area contributed by atoms with Crippen molar-refractivity contribution >= 4 is 0 Å². The van der Waals surface area contributed by atoms with Crippen molar-refractivity contribution in [2.75, 3.05) is 0 Å². The topological polar surface area (TPSA) is 23.8 Å². The molecule has 0 aliphatic rings. The van der Waals surface area contributed by atoms with E-state index in [0.29, 0.717) is 6.42 Å². The fourth-order valence-corrected chi connectivity index (χ4v) is 0.425. The van der Waals surface area contributed by atoms with Crippen molar-refractivity contribution in [1.82, 2.24) is 0 Å². The molecule has 0 aliphatic carbocycles. The second kappa shape index (κ2) is 3.85. The Bertz CT molecular complexity index is 174. The van der Waals surface area contributed by atoms with Crippen molar-refractivity contribution in [3.05, 3.63) is 24.1 Å². The molecule has 0 amide bonds. The molecule has 0 aliphatic heterocycles. The predicted molar refractivity (Wildman–Crippen MR) is 34.2 cm³/mol. The number of hydrogen-bond donors (Lipinski definition) is 0. The summed E-state index contributed by atoms with van der Waals surface area (Å²) >= 11 is 0. The molecule has 0 heterocycles. The van der Waals surface area contributed by atoms with E-state index in [1.54, 1.807) is 13.0 Å². The first kappa shape index (κ1) is 7.90. The highest BCUT2D eigenvalue weighted by Crippen LogP contribution is 2.08. The van der Waals surface area contributed by atoms with Crippen LogP contribution in [0.4, 0.5) is 4.39 Å².